The molecule has 3 rings (SSSR count). The molecule has 1 unspecified atom stereocenters. The molecule has 1 atom stereocenters. The maximum absolute atomic E-state index is 5.35. The summed E-state index contributed by atoms with van der Waals surface area (Å²) in [5, 5.41) is 11.7. The highest BCUT2D eigenvalue weighted by Crippen LogP contribution is 2.26. The van der Waals surface area contributed by atoms with Gasteiger partial charge in [-0.05, 0) is 63.4 Å². The first-order chi connectivity index (χ1) is 15.6. The van der Waals surface area contributed by atoms with Gasteiger partial charge >= 0.3 is 0 Å². The van der Waals surface area contributed by atoms with Crippen LogP contribution in [0, 0.1) is 0 Å². The largest absolute Gasteiger partial charge is 0.497 e. The summed E-state index contributed by atoms with van der Waals surface area (Å²) in [7, 11) is 3.74. The van der Waals surface area contributed by atoms with E-state index in [1.165, 1.54) is 29.7 Å². The van der Waals surface area contributed by atoms with Gasteiger partial charge in [0.1, 0.15) is 5.75 Å². The summed E-state index contributed by atoms with van der Waals surface area (Å²) in [4.78, 5) is 7.51. The van der Waals surface area contributed by atoms with E-state index in [0.717, 1.165) is 56.4 Å². The first-order valence-electron chi connectivity index (χ1n) is 12.0. The zero-order chi connectivity index (χ0) is 22.9. The van der Waals surface area contributed by atoms with Crippen molar-refractivity contribution in [1.29, 1.82) is 0 Å². The summed E-state index contributed by atoms with van der Waals surface area (Å²) in [5.41, 5.74) is 5.00. The number of halogens is 1. The Hall–Kier alpha value is -1.81. The Balaban J connectivity index is 0.00000385. The minimum absolute atomic E-state index is 0. The zero-order valence-electron chi connectivity index (χ0n) is 20.9. The molecule has 33 heavy (non-hydrogen) atoms. The van der Waals surface area contributed by atoms with Crippen molar-refractivity contribution in [3.05, 3.63) is 46.8 Å². The van der Waals surface area contributed by atoms with E-state index in [1.807, 2.05) is 11.7 Å². The van der Waals surface area contributed by atoms with Crippen LogP contribution in [-0.2, 0) is 26.4 Å². The Morgan fingerprint density at radius 3 is 2.36 bits per heavy atom. The molecule has 184 valence electrons. The van der Waals surface area contributed by atoms with Crippen LogP contribution in [0.3, 0.4) is 0 Å². The van der Waals surface area contributed by atoms with Crippen LogP contribution in [0.25, 0.3) is 0 Å². The highest BCUT2D eigenvalue weighted by molar-refractivity contribution is 14.0. The molecule has 1 aromatic carbocycles. The normalized spacial score (nSPS) is 15.2. The number of benzene rings is 1. The number of hydrogen-bond donors (Lipinski definition) is 2. The average molecular weight is 569 g/mol. The minimum atomic E-state index is 0. The second-order valence-corrected chi connectivity index (χ2v) is 8.31. The van der Waals surface area contributed by atoms with Crippen LogP contribution in [-0.4, -0.2) is 53.9 Å². The Kier molecular flexibility index (Phi) is 11.5. The number of nitrogens with one attached hydrogen (secondary N) is 2. The lowest BCUT2D eigenvalue weighted by atomic mass is 10.1. The molecule has 8 heteroatoms. The second kappa shape index (κ2) is 13.8. The van der Waals surface area contributed by atoms with Crippen molar-refractivity contribution in [1.82, 2.24) is 25.3 Å². The maximum Gasteiger partial charge on any atom is 0.191 e. The molecule has 2 heterocycles. The predicted molar refractivity (Wildman–Crippen MR) is 147 cm³/mol. The van der Waals surface area contributed by atoms with Crippen LogP contribution in [0.5, 0.6) is 5.75 Å². The second-order valence-electron chi connectivity index (χ2n) is 8.31. The fourth-order valence-corrected chi connectivity index (χ4v) is 4.60. The summed E-state index contributed by atoms with van der Waals surface area (Å²) in [6.07, 6.45) is 4.42. The summed E-state index contributed by atoms with van der Waals surface area (Å²) < 4.78 is 7.36. The van der Waals surface area contributed by atoms with Gasteiger partial charge in [0.25, 0.3) is 0 Å². The van der Waals surface area contributed by atoms with Crippen molar-refractivity contribution in [2.75, 3.05) is 33.3 Å². The predicted octanol–water partition coefficient (Wildman–Crippen LogP) is 4.06. The highest BCUT2D eigenvalue weighted by atomic mass is 127. The van der Waals surface area contributed by atoms with Gasteiger partial charge in [-0.1, -0.05) is 26.0 Å². The molecular formula is C25H41IN6O. The Bertz CT molecular complexity index is 874. The zero-order valence-corrected chi connectivity index (χ0v) is 23.2. The van der Waals surface area contributed by atoms with Crippen LogP contribution in [0.4, 0.5) is 0 Å². The summed E-state index contributed by atoms with van der Waals surface area (Å²) in [6, 6.07) is 8.79. The number of aryl methyl sites for hydroxylation is 2. The van der Waals surface area contributed by atoms with Gasteiger partial charge in [-0.2, -0.15) is 5.10 Å². The van der Waals surface area contributed by atoms with Crippen molar-refractivity contribution in [3.63, 3.8) is 0 Å². The lowest BCUT2D eigenvalue weighted by Gasteiger charge is -2.29. The van der Waals surface area contributed by atoms with Gasteiger partial charge in [0.2, 0.25) is 0 Å². The van der Waals surface area contributed by atoms with Crippen LogP contribution < -0.4 is 15.4 Å². The monoisotopic (exact) mass is 568 g/mol. The van der Waals surface area contributed by atoms with Gasteiger partial charge in [-0.3, -0.25) is 9.58 Å². The lowest BCUT2D eigenvalue weighted by Crippen LogP contribution is -2.42. The number of ether oxygens (including phenoxy) is 1. The number of aromatic nitrogens is 2. The van der Waals surface area contributed by atoms with Crippen molar-refractivity contribution >= 4 is 29.9 Å². The molecule has 0 bridgehead atoms. The molecule has 0 radical (unpaired) electrons. The molecule has 2 aromatic rings. The van der Waals surface area contributed by atoms with E-state index in [4.69, 9.17) is 14.8 Å². The van der Waals surface area contributed by atoms with E-state index in [2.05, 4.69) is 60.6 Å². The van der Waals surface area contributed by atoms with Crippen LogP contribution in [0.1, 0.15) is 62.2 Å². The van der Waals surface area contributed by atoms with Crippen molar-refractivity contribution in [3.8, 4) is 5.75 Å². The number of hydrogen-bond acceptors (Lipinski definition) is 4. The third-order valence-corrected chi connectivity index (χ3v) is 6.31. The Morgan fingerprint density at radius 2 is 1.79 bits per heavy atom. The van der Waals surface area contributed by atoms with Crippen LogP contribution in [0.15, 0.2) is 29.3 Å². The molecular weight excluding hydrogens is 527 g/mol. The molecule has 0 amide bonds. The van der Waals surface area contributed by atoms with Gasteiger partial charge in [-0.25, -0.2) is 4.99 Å². The Morgan fingerprint density at radius 1 is 1.09 bits per heavy atom. The van der Waals surface area contributed by atoms with E-state index in [0.29, 0.717) is 12.6 Å². The molecule has 1 aromatic heterocycles. The fraction of sp³-hybridized carbons (Fsp3) is 0.600. The third kappa shape index (κ3) is 7.09. The van der Waals surface area contributed by atoms with Gasteiger partial charge in [0.15, 0.2) is 5.96 Å². The average Bonchev–Trinajstić information content (AvgIpc) is 3.45. The van der Waals surface area contributed by atoms with Crippen molar-refractivity contribution in [2.24, 2.45) is 12.0 Å². The van der Waals surface area contributed by atoms with E-state index in [9.17, 15) is 0 Å². The molecule has 2 N–H and O–H groups in total. The van der Waals surface area contributed by atoms with Gasteiger partial charge in [0.05, 0.1) is 25.4 Å². The summed E-state index contributed by atoms with van der Waals surface area (Å²) >= 11 is 0. The van der Waals surface area contributed by atoms with E-state index in [1.54, 1.807) is 7.11 Å². The molecule has 0 saturated carbocycles. The fourth-order valence-electron chi connectivity index (χ4n) is 4.60. The number of guanidine groups is 1. The molecule has 0 spiro atoms. The van der Waals surface area contributed by atoms with Gasteiger partial charge in [0, 0.05) is 31.4 Å². The minimum Gasteiger partial charge on any atom is -0.497 e. The molecule has 7 nitrogen and oxygen atoms in total. The first-order valence-corrected chi connectivity index (χ1v) is 12.0. The smallest absolute Gasteiger partial charge is 0.191 e. The summed E-state index contributed by atoms with van der Waals surface area (Å²) in [6.45, 7) is 11.0. The lowest BCUT2D eigenvalue weighted by molar-refractivity contribution is 0.245. The van der Waals surface area contributed by atoms with E-state index < -0.39 is 0 Å². The number of aliphatic imine (C=N–C) groups is 1. The summed E-state index contributed by atoms with van der Waals surface area (Å²) in [5.74, 6) is 1.75. The molecule has 0 aliphatic carbocycles. The quantitative estimate of drug-likeness (QED) is 0.257. The topological polar surface area (TPSA) is 66.7 Å². The standard InChI is InChI=1S/C25H40N6O.HI/c1-6-22-21(23(7-2)30(4)29-22)17-27-25(26-8-3)28-18-24(31-15-9-10-16-31)19-11-13-20(32-5)14-12-19;/h11-14,24H,6-10,15-18H2,1-5H3,(H2,26,27,28);1H. The Labute approximate surface area is 216 Å². The van der Waals surface area contributed by atoms with Gasteiger partial charge in [-0.15, -0.1) is 24.0 Å². The van der Waals surface area contributed by atoms with Crippen LogP contribution >= 0.6 is 24.0 Å². The van der Waals surface area contributed by atoms with E-state index >= 15 is 0 Å². The third-order valence-electron chi connectivity index (χ3n) is 6.31. The molecule has 1 aliphatic rings. The first kappa shape index (κ1) is 27.4. The molecule has 1 aliphatic heterocycles. The number of rotatable bonds is 10. The maximum atomic E-state index is 5.35. The van der Waals surface area contributed by atoms with Crippen LogP contribution in [0.2, 0.25) is 0 Å². The van der Waals surface area contributed by atoms with Gasteiger partial charge < -0.3 is 15.4 Å². The molecule has 1 fully saturated rings. The van der Waals surface area contributed by atoms with E-state index in [-0.39, 0.29) is 24.0 Å². The van der Waals surface area contributed by atoms with Crippen molar-refractivity contribution in [2.45, 2.75) is 59.0 Å². The van der Waals surface area contributed by atoms with Crippen molar-refractivity contribution < 1.29 is 4.74 Å². The number of nitrogens with zero attached hydrogens (tertiary/aromatic N) is 4. The number of methoxy groups -OCH3 is 1. The number of likely N-dealkylation sites (tertiary alicyclic amines) is 1. The SMILES string of the molecule is CCNC(=NCc1c(CC)nn(C)c1CC)NCC(c1ccc(OC)cc1)N1CCCC1.I. The molecule has 1 saturated heterocycles. The highest BCUT2D eigenvalue weighted by Gasteiger charge is 2.24.